The van der Waals surface area contributed by atoms with Gasteiger partial charge in [0.05, 0.1) is 24.5 Å². The molecule has 3 aromatic rings. The second-order valence-electron chi connectivity index (χ2n) is 8.38. The Morgan fingerprint density at radius 3 is 2.50 bits per heavy atom. The molecule has 6 nitrogen and oxygen atoms in total. The maximum Gasteiger partial charge on any atom is 0.246 e. The van der Waals surface area contributed by atoms with Gasteiger partial charge in [-0.3, -0.25) is 9.48 Å². The normalized spacial score (nSPS) is 14.1. The van der Waals surface area contributed by atoms with E-state index in [-0.39, 0.29) is 5.91 Å². The molecule has 0 unspecified atom stereocenters. The number of piperazine rings is 1. The van der Waals surface area contributed by atoms with Crippen LogP contribution in [0.2, 0.25) is 5.02 Å². The first-order valence-electron chi connectivity index (χ1n) is 11.7. The molecule has 0 bridgehead atoms. The highest BCUT2D eigenvalue weighted by molar-refractivity contribution is 6.31. The average molecular weight is 479 g/mol. The van der Waals surface area contributed by atoms with E-state index in [0.29, 0.717) is 26.2 Å². The van der Waals surface area contributed by atoms with Gasteiger partial charge in [-0.15, -0.1) is 0 Å². The number of nitrogens with zero attached hydrogens (tertiary/aromatic N) is 4. The number of halogens is 1. The summed E-state index contributed by atoms with van der Waals surface area (Å²) in [6.07, 6.45) is 3.56. The molecule has 0 aliphatic carbocycles. The van der Waals surface area contributed by atoms with Gasteiger partial charge < -0.3 is 14.5 Å². The molecule has 1 amide bonds. The quantitative estimate of drug-likeness (QED) is 0.450. The van der Waals surface area contributed by atoms with Gasteiger partial charge in [0.2, 0.25) is 5.91 Å². The van der Waals surface area contributed by atoms with Crippen molar-refractivity contribution >= 4 is 29.3 Å². The second-order valence-corrected chi connectivity index (χ2v) is 8.79. The Bertz CT molecular complexity index is 1180. The summed E-state index contributed by atoms with van der Waals surface area (Å²) in [5.74, 6) is 0.917. The summed E-state index contributed by atoms with van der Waals surface area (Å²) in [4.78, 5) is 17.1. The third-order valence-electron chi connectivity index (χ3n) is 6.21. The minimum Gasteiger partial charge on any atom is -0.492 e. The van der Waals surface area contributed by atoms with Gasteiger partial charge in [-0.1, -0.05) is 41.9 Å². The van der Waals surface area contributed by atoms with Gasteiger partial charge in [0.15, 0.2) is 0 Å². The SMILES string of the molecule is CCOc1ccccc1N1CCN(C(=O)/C=C/c2c(C)nn(Cc3ccccc3Cl)c2C)CC1. The average Bonchev–Trinajstić information content (AvgIpc) is 3.11. The number of rotatable bonds is 7. The van der Waals surface area contributed by atoms with E-state index in [0.717, 1.165) is 52.1 Å². The molecule has 4 rings (SSSR count). The number of amides is 1. The maximum absolute atomic E-state index is 12.9. The lowest BCUT2D eigenvalue weighted by Gasteiger charge is -2.36. The number of anilines is 1. The summed E-state index contributed by atoms with van der Waals surface area (Å²) in [6, 6.07) is 15.9. The van der Waals surface area contributed by atoms with E-state index in [1.807, 2.05) is 78.9 Å². The molecule has 0 saturated carbocycles. The lowest BCUT2D eigenvalue weighted by molar-refractivity contribution is -0.126. The molecule has 0 spiro atoms. The molecule has 1 saturated heterocycles. The fraction of sp³-hybridized carbons (Fsp3) is 0.333. The molecule has 2 aromatic carbocycles. The highest BCUT2D eigenvalue weighted by Gasteiger charge is 2.22. The van der Waals surface area contributed by atoms with E-state index in [2.05, 4.69) is 16.1 Å². The molecule has 178 valence electrons. The Balaban J connectivity index is 1.39. The number of ether oxygens (including phenoxy) is 1. The zero-order chi connectivity index (χ0) is 24.1. The van der Waals surface area contributed by atoms with Crippen LogP contribution in [0.3, 0.4) is 0 Å². The van der Waals surface area contributed by atoms with Crippen molar-refractivity contribution in [1.29, 1.82) is 0 Å². The molecule has 34 heavy (non-hydrogen) atoms. The summed E-state index contributed by atoms with van der Waals surface area (Å²) < 4.78 is 7.71. The third-order valence-corrected chi connectivity index (χ3v) is 6.57. The third kappa shape index (κ3) is 5.28. The molecular weight excluding hydrogens is 448 g/mol. The Kier molecular flexibility index (Phi) is 7.58. The molecule has 7 heteroatoms. The van der Waals surface area contributed by atoms with Crippen molar-refractivity contribution in [2.45, 2.75) is 27.3 Å². The molecular formula is C27H31ClN4O2. The maximum atomic E-state index is 12.9. The van der Waals surface area contributed by atoms with Crippen molar-refractivity contribution in [3.63, 3.8) is 0 Å². The van der Waals surface area contributed by atoms with E-state index in [4.69, 9.17) is 16.3 Å². The Morgan fingerprint density at radius 1 is 1.06 bits per heavy atom. The number of carbonyl (C=O) groups is 1. The van der Waals surface area contributed by atoms with Gasteiger partial charge in [-0.05, 0) is 50.6 Å². The van der Waals surface area contributed by atoms with Crippen LogP contribution >= 0.6 is 11.6 Å². The van der Waals surface area contributed by atoms with Gasteiger partial charge in [-0.2, -0.15) is 5.10 Å². The fourth-order valence-corrected chi connectivity index (χ4v) is 4.51. The summed E-state index contributed by atoms with van der Waals surface area (Å²) >= 11 is 6.32. The van der Waals surface area contributed by atoms with Crippen LogP contribution in [0.25, 0.3) is 6.08 Å². The van der Waals surface area contributed by atoms with E-state index in [9.17, 15) is 4.79 Å². The van der Waals surface area contributed by atoms with Crippen molar-refractivity contribution in [1.82, 2.24) is 14.7 Å². The lowest BCUT2D eigenvalue weighted by Crippen LogP contribution is -2.48. The van der Waals surface area contributed by atoms with Crippen LogP contribution in [0.1, 0.15) is 29.4 Å². The highest BCUT2D eigenvalue weighted by atomic mass is 35.5. The van der Waals surface area contributed by atoms with Crippen LogP contribution in [-0.4, -0.2) is 53.4 Å². The van der Waals surface area contributed by atoms with Crippen LogP contribution in [0.5, 0.6) is 5.75 Å². The largest absolute Gasteiger partial charge is 0.492 e. The molecule has 1 fully saturated rings. The van der Waals surface area contributed by atoms with Crippen molar-refractivity contribution in [2.75, 3.05) is 37.7 Å². The molecule has 2 heterocycles. The Hall–Kier alpha value is -3.25. The molecule has 0 N–H and O–H groups in total. The summed E-state index contributed by atoms with van der Waals surface area (Å²) in [6.45, 7) is 10.1. The minimum absolute atomic E-state index is 0.0235. The zero-order valence-electron chi connectivity index (χ0n) is 20.0. The smallest absolute Gasteiger partial charge is 0.246 e. The standard InChI is InChI=1S/C27H31ClN4O2/c1-4-34-26-12-8-7-11-25(26)30-15-17-31(18-16-30)27(33)14-13-23-20(2)29-32(21(23)3)19-22-9-5-6-10-24(22)28/h5-14H,4,15-19H2,1-3H3/b14-13+. The minimum atomic E-state index is 0.0235. The molecule has 0 atom stereocenters. The number of para-hydroxylation sites is 2. The molecule has 0 radical (unpaired) electrons. The van der Waals surface area contributed by atoms with Gasteiger partial charge in [0, 0.05) is 48.5 Å². The van der Waals surface area contributed by atoms with E-state index in [1.165, 1.54) is 0 Å². The summed E-state index contributed by atoms with van der Waals surface area (Å²) in [5, 5.41) is 5.39. The van der Waals surface area contributed by atoms with Crippen LogP contribution in [0.15, 0.2) is 54.6 Å². The van der Waals surface area contributed by atoms with Gasteiger partial charge in [0.25, 0.3) is 0 Å². The Morgan fingerprint density at radius 2 is 1.76 bits per heavy atom. The first-order valence-corrected chi connectivity index (χ1v) is 12.1. The first kappa shape index (κ1) is 23.9. The monoisotopic (exact) mass is 478 g/mol. The fourth-order valence-electron chi connectivity index (χ4n) is 4.32. The number of carbonyl (C=O) groups excluding carboxylic acids is 1. The number of hydrogen-bond donors (Lipinski definition) is 0. The molecule has 1 aliphatic rings. The van der Waals surface area contributed by atoms with Gasteiger partial charge in [0.1, 0.15) is 5.75 Å². The highest BCUT2D eigenvalue weighted by Crippen LogP contribution is 2.29. The summed E-state index contributed by atoms with van der Waals surface area (Å²) in [5.41, 5.74) is 4.99. The lowest BCUT2D eigenvalue weighted by atomic mass is 10.1. The van der Waals surface area contributed by atoms with Crippen molar-refractivity contribution in [3.05, 3.63) is 82.1 Å². The van der Waals surface area contributed by atoms with Crippen LogP contribution in [0.4, 0.5) is 5.69 Å². The van der Waals surface area contributed by atoms with Gasteiger partial charge >= 0.3 is 0 Å². The number of aromatic nitrogens is 2. The topological polar surface area (TPSA) is 50.6 Å². The second kappa shape index (κ2) is 10.8. The first-order chi connectivity index (χ1) is 16.5. The predicted octanol–water partition coefficient (Wildman–Crippen LogP) is 4.96. The zero-order valence-corrected chi connectivity index (χ0v) is 20.8. The van der Waals surface area contributed by atoms with Gasteiger partial charge in [-0.25, -0.2) is 0 Å². The predicted molar refractivity (Wildman–Crippen MR) is 138 cm³/mol. The van der Waals surface area contributed by atoms with Crippen LogP contribution in [-0.2, 0) is 11.3 Å². The number of benzene rings is 2. The van der Waals surface area contributed by atoms with Crippen molar-refractivity contribution in [3.8, 4) is 5.75 Å². The number of hydrogen-bond acceptors (Lipinski definition) is 4. The van der Waals surface area contributed by atoms with Crippen molar-refractivity contribution in [2.24, 2.45) is 0 Å². The molecule has 1 aliphatic heterocycles. The Labute approximate surface area is 206 Å². The summed E-state index contributed by atoms with van der Waals surface area (Å²) in [7, 11) is 0. The number of aryl methyl sites for hydroxylation is 1. The van der Waals surface area contributed by atoms with E-state index in [1.54, 1.807) is 6.08 Å². The van der Waals surface area contributed by atoms with E-state index < -0.39 is 0 Å². The van der Waals surface area contributed by atoms with Crippen LogP contribution in [0, 0.1) is 13.8 Å². The van der Waals surface area contributed by atoms with Crippen molar-refractivity contribution < 1.29 is 9.53 Å². The molecule has 1 aromatic heterocycles. The van der Waals surface area contributed by atoms with Crippen LogP contribution < -0.4 is 9.64 Å². The van der Waals surface area contributed by atoms with E-state index >= 15 is 0 Å².